The predicted octanol–water partition coefficient (Wildman–Crippen LogP) is 2.05. The first-order valence-electron chi connectivity index (χ1n) is 4.29. The second-order valence-corrected chi connectivity index (χ2v) is 3.94. The molecule has 60 valence electrons. The highest BCUT2D eigenvalue weighted by molar-refractivity contribution is 4.79. The highest BCUT2D eigenvalue weighted by atomic mass is 16.3. The molecule has 0 radical (unpaired) electrons. The molecule has 0 saturated heterocycles. The van der Waals surface area contributed by atoms with E-state index >= 15 is 0 Å². The third-order valence-corrected chi connectivity index (χ3v) is 3.08. The summed E-state index contributed by atoms with van der Waals surface area (Å²) in [6, 6.07) is 0. The molecule has 1 fully saturated rings. The Morgan fingerprint density at radius 1 is 1.00 bits per heavy atom. The SMILES string of the molecule is CC1CC(O)CC(C)C1C. The largest absolute Gasteiger partial charge is 0.393 e. The van der Waals surface area contributed by atoms with Gasteiger partial charge in [-0.1, -0.05) is 20.8 Å². The van der Waals surface area contributed by atoms with Crippen molar-refractivity contribution in [1.82, 2.24) is 0 Å². The van der Waals surface area contributed by atoms with Crippen LogP contribution in [0.2, 0.25) is 0 Å². The second kappa shape index (κ2) is 2.91. The minimum atomic E-state index is -0.0267. The normalized spacial score (nSPS) is 49.2. The molecule has 2 atom stereocenters. The molecule has 1 heteroatoms. The van der Waals surface area contributed by atoms with Crippen LogP contribution in [0.5, 0.6) is 0 Å². The molecule has 1 N–H and O–H groups in total. The van der Waals surface area contributed by atoms with Gasteiger partial charge in [0, 0.05) is 0 Å². The van der Waals surface area contributed by atoms with E-state index in [-0.39, 0.29) is 6.10 Å². The van der Waals surface area contributed by atoms with Gasteiger partial charge in [0.2, 0.25) is 0 Å². The standard InChI is InChI=1S/C9H18O/c1-6-4-9(10)5-7(2)8(6)3/h6-10H,4-5H2,1-3H3. The van der Waals surface area contributed by atoms with Crippen LogP contribution >= 0.6 is 0 Å². The van der Waals surface area contributed by atoms with E-state index in [9.17, 15) is 5.11 Å². The molecule has 10 heavy (non-hydrogen) atoms. The zero-order chi connectivity index (χ0) is 7.72. The number of hydrogen-bond donors (Lipinski definition) is 1. The number of aliphatic hydroxyl groups is 1. The van der Waals surface area contributed by atoms with Crippen LogP contribution in [0.1, 0.15) is 33.6 Å². The molecule has 2 unspecified atom stereocenters. The van der Waals surface area contributed by atoms with Crippen LogP contribution in [0.3, 0.4) is 0 Å². The highest BCUT2D eigenvalue weighted by Gasteiger charge is 2.28. The van der Waals surface area contributed by atoms with Gasteiger partial charge in [0.1, 0.15) is 0 Å². The van der Waals surface area contributed by atoms with Gasteiger partial charge in [0.15, 0.2) is 0 Å². The molecule has 1 nitrogen and oxygen atoms in total. The van der Waals surface area contributed by atoms with E-state index in [0.29, 0.717) is 11.8 Å². The Hall–Kier alpha value is -0.0400. The maximum Gasteiger partial charge on any atom is 0.0545 e. The lowest BCUT2D eigenvalue weighted by molar-refractivity contribution is 0.0467. The molecule has 0 heterocycles. The van der Waals surface area contributed by atoms with E-state index in [1.54, 1.807) is 0 Å². The Labute approximate surface area is 63.4 Å². The van der Waals surface area contributed by atoms with Crippen molar-refractivity contribution in [3.8, 4) is 0 Å². The summed E-state index contributed by atoms with van der Waals surface area (Å²) in [5.41, 5.74) is 0. The van der Waals surface area contributed by atoms with Crippen molar-refractivity contribution in [3.05, 3.63) is 0 Å². The minimum absolute atomic E-state index is 0.0267. The molecule has 0 spiro atoms. The first-order chi connectivity index (χ1) is 4.61. The highest BCUT2D eigenvalue weighted by Crippen LogP contribution is 2.33. The Morgan fingerprint density at radius 2 is 1.40 bits per heavy atom. The zero-order valence-corrected chi connectivity index (χ0v) is 7.17. The lowest BCUT2D eigenvalue weighted by Crippen LogP contribution is -2.30. The van der Waals surface area contributed by atoms with Crippen molar-refractivity contribution in [2.24, 2.45) is 17.8 Å². The molecule has 1 rings (SSSR count). The van der Waals surface area contributed by atoms with Gasteiger partial charge in [-0.15, -0.1) is 0 Å². The van der Waals surface area contributed by atoms with E-state index in [1.807, 2.05) is 0 Å². The summed E-state index contributed by atoms with van der Waals surface area (Å²) in [5, 5.41) is 9.37. The van der Waals surface area contributed by atoms with Crippen molar-refractivity contribution in [1.29, 1.82) is 0 Å². The van der Waals surface area contributed by atoms with Gasteiger partial charge in [-0.05, 0) is 30.6 Å². The molecule has 0 aromatic rings. The summed E-state index contributed by atoms with van der Waals surface area (Å²) in [6.07, 6.45) is 1.98. The van der Waals surface area contributed by atoms with Crippen LogP contribution in [0.25, 0.3) is 0 Å². The molecule has 1 saturated carbocycles. The van der Waals surface area contributed by atoms with Crippen molar-refractivity contribution >= 4 is 0 Å². The Morgan fingerprint density at radius 3 is 1.80 bits per heavy atom. The molecule has 1 aliphatic rings. The summed E-state index contributed by atoms with van der Waals surface area (Å²) < 4.78 is 0. The van der Waals surface area contributed by atoms with Crippen LogP contribution < -0.4 is 0 Å². The molecular formula is C9H18O. The molecule has 0 aliphatic heterocycles. The van der Waals surface area contributed by atoms with E-state index in [0.717, 1.165) is 18.8 Å². The maximum absolute atomic E-state index is 9.37. The van der Waals surface area contributed by atoms with Crippen LogP contribution in [0.15, 0.2) is 0 Å². The van der Waals surface area contributed by atoms with Crippen molar-refractivity contribution < 1.29 is 5.11 Å². The second-order valence-electron chi connectivity index (χ2n) is 3.94. The van der Waals surface area contributed by atoms with E-state index in [4.69, 9.17) is 0 Å². The zero-order valence-electron chi connectivity index (χ0n) is 7.17. The third-order valence-electron chi connectivity index (χ3n) is 3.08. The maximum atomic E-state index is 9.37. The quantitative estimate of drug-likeness (QED) is 0.549. The Kier molecular flexibility index (Phi) is 2.35. The molecule has 0 amide bonds. The fourth-order valence-electron chi connectivity index (χ4n) is 1.94. The summed E-state index contributed by atoms with van der Waals surface area (Å²) in [4.78, 5) is 0. The van der Waals surface area contributed by atoms with Crippen molar-refractivity contribution in [2.75, 3.05) is 0 Å². The predicted molar refractivity (Wildman–Crippen MR) is 42.7 cm³/mol. The topological polar surface area (TPSA) is 20.2 Å². The summed E-state index contributed by atoms with van der Waals surface area (Å²) in [5.74, 6) is 2.21. The van der Waals surface area contributed by atoms with Gasteiger partial charge in [-0.3, -0.25) is 0 Å². The lowest BCUT2D eigenvalue weighted by Gasteiger charge is -2.34. The minimum Gasteiger partial charge on any atom is -0.393 e. The van der Waals surface area contributed by atoms with E-state index in [2.05, 4.69) is 20.8 Å². The summed E-state index contributed by atoms with van der Waals surface area (Å²) >= 11 is 0. The fourth-order valence-corrected chi connectivity index (χ4v) is 1.94. The Balaban J connectivity index is 2.49. The molecule has 0 aromatic heterocycles. The smallest absolute Gasteiger partial charge is 0.0545 e. The lowest BCUT2D eigenvalue weighted by atomic mass is 9.73. The summed E-state index contributed by atoms with van der Waals surface area (Å²) in [6.45, 7) is 6.77. The van der Waals surface area contributed by atoms with E-state index < -0.39 is 0 Å². The summed E-state index contributed by atoms with van der Waals surface area (Å²) in [7, 11) is 0. The average Bonchev–Trinajstić information content (AvgIpc) is 1.82. The van der Waals surface area contributed by atoms with Gasteiger partial charge < -0.3 is 5.11 Å². The molecule has 0 bridgehead atoms. The van der Waals surface area contributed by atoms with Gasteiger partial charge in [-0.25, -0.2) is 0 Å². The first-order valence-corrected chi connectivity index (χ1v) is 4.29. The molecular weight excluding hydrogens is 124 g/mol. The first kappa shape index (κ1) is 8.06. The van der Waals surface area contributed by atoms with Gasteiger partial charge in [0.05, 0.1) is 6.10 Å². The van der Waals surface area contributed by atoms with Crippen LogP contribution in [-0.4, -0.2) is 11.2 Å². The fraction of sp³-hybridized carbons (Fsp3) is 1.00. The molecule has 1 aliphatic carbocycles. The molecule has 0 aromatic carbocycles. The van der Waals surface area contributed by atoms with Gasteiger partial charge >= 0.3 is 0 Å². The van der Waals surface area contributed by atoms with Crippen molar-refractivity contribution in [3.63, 3.8) is 0 Å². The van der Waals surface area contributed by atoms with Crippen LogP contribution in [0, 0.1) is 17.8 Å². The number of rotatable bonds is 0. The van der Waals surface area contributed by atoms with Crippen LogP contribution in [0.4, 0.5) is 0 Å². The van der Waals surface area contributed by atoms with E-state index in [1.165, 1.54) is 0 Å². The number of aliphatic hydroxyl groups excluding tert-OH is 1. The van der Waals surface area contributed by atoms with Gasteiger partial charge in [-0.2, -0.15) is 0 Å². The van der Waals surface area contributed by atoms with Crippen molar-refractivity contribution in [2.45, 2.75) is 39.7 Å². The Bertz CT molecular complexity index is 99.3. The van der Waals surface area contributed by atoms with Gasteiger partial charge in [0.25, 0.3) is 0 Å². The average molecular weight is 142 g/mol. The van der Waals surface area contributed by atoms with Crippen LogP contribution in [-0.2, 0) is 0 Å². The third kappa shape index (κ3) is 1.51. The monoisotopic (exact) mass is 142 g/mol. The number of hydrogen-bond acceptors (Lipinski definition) is 1.